The van der Waals surface area contributed by atoms with Gasteiger partial charge >= 0.3 is 0 Å². The number of unbranched alkanes of at least 4 members (excludes halogenated alkanes) is 1. The van der Waals surface area contributed by atoms with Crippen LogP contribution in [0.25, 0.3) is 0 Å². The van der Waals surface area contributed by atoms with E-state index in [1.54, 1.807) is 0 Å². The quantitative estimate of drug-likeness (QED) is 0.744. The maximum absolute atomic E-state index is 12.1. The molecule has 2 fully saturated rings. The van der Waals surface area contributed by atoms with Crippen LogP contribution in [0.5, 0.6) is 0 Å². The van der Waals surface area contributed by atoms with Gasteiger partial charge in [0.05, 0.1) is 0 Å². The number of nitrogens with two attached hydrogens (primary N) is 1. The molecule has 3 nitrogen and oxygen atoms in total. The number of nitrogens with one attached hydrogen (secondary N) is 1. The van der Waals surface area contributed by atoms with Gasteiger partial charge in [-0.25, -0.2) is 0 Å². The third kappa shape index (κ3) is 4.79. The van der Waals surface area contributed by atoms with E-state index in [0.717, 1.165) is 18.8 Å². The Bertz CT molecular complexity index is 280. The highest BCUT2D eigenvalue weighted by molar-refractivity contribution is 5.78. The van der Waals surface area contributed by atoms with E-state index in [2.05, 4.69) is 12.2 Å². The number of rotatable bonds is 7. The van der Waals surface area contributed by atoms with Gasteiger partial charge in [-0.15, -0.1) is 0 Å². The van der Waals surface area contributed by atoms with E-state index in [0.29, 0.717) is 12.5 Å². The Morgan fingerprint density at radius 3 is 2.47 bits per heavy atom. The largest absolute Gasteiger partial charge is 0.354 e. The molecule has 0 heterocycles. The molecular weight excluding hydrogens is 236 g/mol. The van der Waals surface area contributed by atoms with Gasteiger partial charge in [0.25, 0.3) is 0 Å². The van der Waals surface area contributed by atoms with Gasteiger partial charge in [0.15, 0.2) is 0 Å². The van der Waals surface area contributed by atoms with Crippen molar-refractivity contribution in [2.45, 2.75) is 70.8 Å². The fourth-order valence-corrected chi connectivity index (χ4v) is 3.26. The van der Waals surface area contributed by atoms with E-state index in [-0.39, 0.29) is 17.9 Å². The maximum Gasteiger partial charge on any atom is 0.223 e. The van der Waals surface area contributed by atoms with Gasteiger partial charge in [-0.1, -0.05) is 26.2 Å². The minimum Gasteiger partial charge on any atom is -0.354 e. The van der Waals surface area contributed by atoms with Gasteiger partial charge in [0.1, 0.15) is 0 Å². The van der Waals surface area contributed by atoms with Crippen molar-refractivity contribution >= 4 is 5.91 Å². The standard InChI is InChI=1S/C16H30N2O/c1-2-3-4-12-5-7-14(8-6-12)16(19)18-11-15(17)13-9-10-13/h12-15H,2-11,17H2,1H3,(H,18,19). The molecule has 2 rings (SSSR count). The van der Waals surface area contributed by atoms with Crippen LogP contribution in [-0.4, -0.2) is 18.5 Å². The van der Waals surface area contributed by atoms with Crippen LogP contribution in [0, 0.1) is 17.8 Å². The van der Waals surface area contributed by atoms with E-state index in [4.69, 9.17) is 5.73 Å². The van der Waals surface area contributed by atoms with Gasteiger partial charge in [-0.2, -0.15) is 0 Å². The number of carbonyl (C=O) groups is 1. The van der Waals surface area contributed by atoms with Crippen molar-refractivity contribution in [1.82, 2.24) is 5.32 Å². The molecule has 110 valence electrons. The van der Waals surface area contributed by atoms with Crippen molar-refractivity contribution in [3.8, 4) is 0 Å². The number of amides is 1. The SMILES string of the molecule is CCCCC1CCC(C(=O)NCC(N)C2CC2)CC1. The molecular formula is C16H30N2O. The molecule has 0 spiro atoms. The van der Waals surface area contributed by atoms with Crippen LogP contribution in [0.1, 0.15) is 64.7 Å². The van der Waals surface area contributed by atoms with Gasteiger partial charge in [0, 0.05) is 18.5 Å². The van der Waals surface area contributed by atoms with Crippen molar-refractivity contribution in [2.75, 3.05) is 6.54 Å². The molecule has 3 heteroatoms. The summed E-state index contributed by atoms with van der Waals surface area (Å²) < 4.78 is 0. The van der Waals surface area contributed by atoms with Crippen molar-refractivity contribution < 1.29 is 4.79 Å². The van der Waals surface area contributed by atoms with Crippen molar-refractivity contribution in [3.05, 3.63) is 0 Å². The summed E-state index contributed by atoms with van der Waals surface area (Å²) in [4.78, 5) is 12.1. The molecule has 2 aliphatic rings. The second-order valence-electron chi connectivity index (χ2n) is 6.61. The number of hydrogen-bond acceptors (Lipinski definition) is 2. The van der Waals surface area contributed by atoms with Crippen LogP contribution in [0.15, 0.2) is 0 Å². The highest BCUT2D eigenvalue weighted by Crippen LogP contribution is 2.33. The average Bonchev–Trinajstić information content (AvgIpc) is 3.27. The van der Waals surface area contributed by atoms with Crippen molar-refractivity contribution in [1.29, 1.82) is 0 Å². The molecule has 1 unspecified atom stereocenters. The molecule has 0 aromatic heterocycles. The third-order valence-corrected chi connectivity index (χ3v) is 4.92. The molecule has 3 N–H and O–H groups in total. The second-order valence-corrected chi connectivity index (χ2v) is 6.61. The molecule has 1 amide bonds. The maximum atomic E-state index is 12.1. The molecule has 19 heavy (non-hydrogen) atoms. The second kappa shape index (κ2) is 7.28. The summed E-state index contributed by atoms with van der Waals surface area (Å²) >= 11 is 0. The lowest BCUT2D eigenvalue weighted by Gasteiger charge is -2.28. The van der Waals surface area contributed by atoms with Gasteiger partial charge in [0.2, 0.25) is 5.91 Å². The smallest absolute Gasteiger partial charge is 0.223 e. The highest BCUT2D eigenvalue weighted by atomic mass is 16.1. The van der Waals surface area contributed by atoms with Crippen molar-refractivity contribution in [2.24, 2.45) is 23.5 Å². The average molecular weight is 266 g/mol. The summed E-state index contributed by atoms with van der Waals surface area (Å²) in [6, 6.07) is 0.185. The first-order chi connectivity index (χ1) is 9.20. The highest BCUT2D eigenvalue weighted by Gasteiger charge is 2.30. The molecule has 2 aliphatic carbocycles. The Labute approximate surface area is 117 Å². The Balaban J connectivity index is 1.61. The summed E-state index contributed by atoms with van der Waals surface area (Å²) in [5.41, 5.74) is 6.02. The first-order valence-electron chi connectivity index (χ1n) is 8.24. The summed E-state index contributed by atoms with van der Waals surface area (Å²) in [6.45, 7) is 2.93. The fraction of sp³-hybridized carbons (Fsp3) is 0.938. The van der Waals surface area contributed by atoms with E-state index < -0.39 is 0 Å². The van der Waals surface area contributed by atoms with Crippen molar-refractivity contribution in [3.63, 3.8) is 0 Å². The topological polar surface area (TPSA) is 55.1 Å². The Morgan fingerprint density at radius 2 is 1.89 bits per heavy atom. The van der Waals surface area contributed by atoms with E-state index in [1.807, 2.05) is 0 Å². The summed E-state index contributed by atoms with van der Waals surface area (Å²) in [5.74, 6) is 2.05. The normalized spacial score (nSPS) is 28.9. The van der Waals surface area contributed by atoms with Crippen LogP contribution in [0.2, 0.25) is 0 Å². The summed E-state index contributed by atoms with van der Waals surface area (Å²) in [7, 11) is 0. The van der Waals surface area contributed by atoms with Crippen LogP contribution >= 0.6 is 0 Å². The van der Waals surface area contributed by atoms with Crippen LogP contribution in [0.3, 0.4) is 0 Å². The van der Waals surface area contributed by atoms with Gasteiger partial charge < -0.3 is 11.1 Å². The predicted octanol–water partition coefficient (Wildman–Crippen LogP) is 2.84. The zero-order valence-electron chi connectivity index (χ0n) is 12.4. The molecule has 1 atom stereocenters. The molecule has 0 aromatic rings. The van der Waals surface area contributed by atoms with E-state index >= 15 is 0 Å². The zero-order chi connectivity index (χ0) is 13.7. The Morgan fingerprint density at radius 1 is 1.21 bits per heavy atom. The third-order valence-electron chi connectivity index (χ3n) is 4.92. The monoisotopic (exact) mass is 266 g/mol. The molecule has 0 radical (unpaired) electrons. The first-order valence-corrected chi connectivity index (χ1v) is 8.24. The van der Waals surface area contributed by atoms with E-state index in [9.17, 15) is 4.79 Å². The minimum atomic E-state index is 0.185. The number of carbonyl (C=O) groups excluding carboxylic acids is 1. The van der Waals surface area contributed by atoms with Crippen LogP contribution < -0.4 is 11.1 Å². The van der Waals surface area contributed by atoms with Crippen LogP contribution in [-0.2, 0) is 4.79 Å². The lowest BCUT2D eigenvalue weighted by Crippen LogP contribution is -2.41. The predicted molar refractivity (Wildman–Crippen MR) is 78.7 cm³/mol. The zero-order valence-corrected chi connectivity index (χ0v) is 12.4. The minimum absolute atomic E-state index is 0.185. The molecule has 0 aliphatic heterocycles. The van der Waals surface area contributed by atoms with Gasteiger partial charge in [-0.05, 0) is 50.4 Å². The summed E-state index contributed by atoms with van der Waals surface area (Å²) in [5, 5.41) is 3.07. The van der Waals surface area contributed by atoms with Crippen LogP contribution in [0.4, 0.5) is 0 Å². The fourth-order valence-electron chi connectivity index (χ4n) is 3.26. The lowest BCUT2D eigenvalue weighted by molar-refractivity contribution is -0.126. The number of hydrogen-bond donors (Lipinski definition) is 2. The molecule has 0 bridgehead atoms. The Hall–Kier alpha value is -0.570. The molecule has 0 aromatic carbocycles. The van der Waals surface area contributed by atoms with E-state index in [1.165, 1.54) is 44.9 Å². The first kappa shape index (κ1) is 14.8. The lowest BCUT2D eigenvalue weighted by atomic mass is 9.79. The molecule has 0 saturated heterocycles. The molecule has 2 saturated carbocycles. The van der Waals surface area contributed by atoms with Gasteiger partial charge in [-0.3, -0.25) is 4.79 Å². The Kier molecular flexibility index (Phi) is 5.68. The summed E-state index contributed by atoms with van der Waals surface area (Å²) in [6.07, 6.45) is 11.1.